The van der Waals surface area contributed by atoms with Crippen molar-refractivity contribution in [1.29, 1.82) is 5.41 Å². The summed E-state index contributed by atoms with van der Waals surface area (Å²) in [7, 11) is 0. The van der Waals surface area contributed by atoms with Crippen molar-refractivity contribution in [3.8, 4) is 0 Å². The molecule has 10 heteroatoms. The first-order valence-corrected chi connectivity index (χ1v) is 8.79. The summed E-state index contributed by atoms with van der Waals surface area (Å²) < 4.78 is 29.8. The van der Waals surface area contributed by atoms with Gasteiger partial charge in [-0.3, -0.25) is 15.1 Å². The number of alkyl halides is 2. The Morgan fingerprint density at radius 3 is 2.60 bits per heavy atom. The molecule has 3 heterocycles. The summed E-state index contributed by atoms with van der Waals surface area (Å²) in [6, 6.07) is -1.64. The molecule has 3 aliphatic heterocycles. The van der Waals surface area contributed by atoms with E-state index >= 15 is 0 Å². The molecule has 0 aliphatic carbocycles. The number of β-lactam (4-membered cyclic amide) rings is 1. The lowest BCUT2D eigenvalue weighted by Gasteiger charge is -2.46. The minimum Gasteiger partial charge on any atom is -0.477 e. The second-order valence-electron chi connectivity index (χ2n) is 6.59. The van der Waals surface area contributed by atoms with Crippen LogP contribution >= 0.6 is 11.8 Å². The summed E-state index contributed by atoms with van der Waals surface area (Å²) >= 11 is 0.778. The van der Waals surface area contributed by atoms with Gasteiger partial charge in [0.2, 0.25) is 5.91 Å². The van der Waals surface area contributed by atoms with E-state index < -0.39 is 46.5 Å². The number of aliphatic hydroxyl groups is 1. The monoisotopic (exact) mass is 375 g/mol. The fraction of sp³-hybridized carbons (Fsp3) is 0.667. The van der Waals surface area contributed by atoms with E-state index in [4.69, 9.17) is 5.41 Å². The zero-order valence-corrected chi connectivity index (χ0v) is 14.5. The number of likely N-dealkylation sites (tertiary alicyclic amines) is 1. The molecule has 0 bridgehead atoms. The molecule has 25 heavy (non-hydrogen) atoms. The van der Waals surface area contributed by atoms with Crippen LogP contribution in [-0.4, -0.2) is 74.1 Å². The number of carbonyl (C=O) groups is 2. The number of carboxylic acids is 1. The number of aliphatic hydroxyl groups excluding tert-OH is 1. The highest BCUT2D eigenvalue weighted by Gasteiger charge is 2.70. The van der Waals surface area contributed by atoms with Gasteiger partial charge in [-0.05, 0) is 20.3 Å². The van der Waals surface area contributed by atoms with E-state index in [1.54, 1.807) is 11.8 Å². The van der Waals surface area contributed by atoms with E-state index in [-0.39, 0.29) is 5.25 Å². The van der Waals surface area contributed by atoms with Gasteiger partial charge < -0.3 is 15.1 Å². The van der Waals surface area contributed by atoms with Gasteiger partial charge in [0.05, 0.1) is 22.8 Å². The lowest BCUT2D eigenvalue weighted by molar-refractivity contribution is -0.177. The lowest BCUT2D eigenvalue weighted by atomic mass is 9.82. The number of hydrogen-bond acceptors (Lipinski definition) is 5. The number of nitrogens with one attached hydrogen (secondary N) is 1. The van der Waals surface area contributed by atoms with Gasteiger partial charge in [-0.25, -0.2) is 4.79 Å². The fourth-order valence-corrected chi connectivity index (χ4v) is 5.04. The highest BCUT2D eigenvalue weighted by atomic mass is 32.2. The van der Waals surface area contributed by atoms with Crippen LogP contribution in [0, 0.1) is 11.3 Å². The number of nitrogens with zero attached hydrogens (tertiary/aromatic N) is 2. The molecule has 3 rings (SSSR count). The number of hydrogen-bond donors (Lipinski definition) is 3. The number of amides is 1. The summed E-state index contributed by atoms with van der Waals surface area (Å²) in [4.78, 5) is 25.4. The zero-order valence-electron chi connectivity index (χ0n) is 13.7. The molecule has 138 valence electrons. The van der Waals surface area contributed by atoms with Crippen molar-refractivity contribution in [2.75, 3.05) is 13.1 Å². The van der Waals surface area contributed by atoms with Crippen molar-refractivity contribution in [1.82, 2.24) is 9.80 Å². The number of carboxylic acid groups (broad SMARTS) is 1. The van der Waals surface area contributed by atoms with Crippen molar-refractivity contribution >= 4 is 29.5 Å². The average molecular weight is 375 g/mol. The van der Waals surface area contributed by atoms with Gasteiger partial charge in [0.1, 0.15) is 11.7 Å². The van der Waals surface area contributed by atoms with Crippen LogP contribution in [0.15, 0.2) is 10.6 Å². The van der Waals surface area contributed by atoms with Crippen molar-refractivity contribution in [2.45, 2.75) is 43.6 Å². The topological polar surface area (TPSA) is 105 Å². The van der Waals surface area contributed by atoms with Gasteiger partial charge in [0.25, 0.3) is 0 Å². The lowest BCUT2D eigenvalue weighted by Crippen LogP contribution is -2.66. The summed E-state index contributed by atoms with van der Waals surface area (Å²) in [5, 5.41) is 26.3. The SMILES string of the molecule is CC(=N)N1CCC(SC2=C(C(=O)O)N3C(=O)C(C(C)O)[C@H]3C2(F)F)C1. The first-order chi connectivity index (χ1) is 11.6. The summed E-state index contributed by atoms with van der Waals surface area (Å²) in [6.07, 6.45) is -0.729. The number of halogens is 2. The van der Waals surface area contributed by atoms with E-state index in [0.29, 0.717) is 30.2 Å². The molecule has 0 radical (unpaired) electrons. The standard InChI is InChI=1S/C15H19F2N3O4S/c1-6(21)9-11-15(16,17)12(10(14(23)24)20(11)13(9)22)25-8-3-4-19(5-8)7(2)18/h6,8-9,11,18,21H,3-5H2,1-2H3,(H,23,24)/t6?,8?,9?,11-/m0/s1. The average Bonchev–Trinajstić information content (AvgIpc) is 3.01. The Morgan fingerprint density at radius 2 is 2.12 bits per heavy atom. The van der Waals surface area contributed by atoms with E-state index in [2.05, 4.69) is 0 Å². The minimum atomic E-state index is -3.51. The smallest absolute Gasteiger partial charge is 0.353 e. The molecular weight excluding hydrogens is 356 g/mol. The second kappa shape index (κ2) is 5.94. The normalized spacial score (nSPS) is 31.9. The number of amidine groups is 1. The van der Waals surface area contributed by atoms with Gasteiger partial charge >= 0.3 is 11.9 Å². The third kappa shape index (κ3) is 2.62. The Hall–Kier alpha value is -1.68. The van der Waals surface area contributed by atoms with Crippen molar-refractivity contribution in [3.63, 3.8) is 0 Å². The maximum atomic E-state index is 14.9. The number of fused-ring (bicyclic) bond motifs is 1. The van der Waals surface area contributed by atoms with Crippen LogP contribution < -0.4 is 0 Å². The Kier molecular flexibility index (Phi) is 4.31. The van der Waals surface area contributed by atoms with Gasteiger partial charge in [-0.15, -0.1) is 11.8 Å². The van der Waals surface area contributed by atoms with Crippen LogP contribution in [0.3, 0.4) is 0 Å². The third-order valence-corrected chi connectivity index (χ3v) is 6.32. The molecule has 2 fully saturated rings. The summed E-state index contributed by atoms with van der Waals surface area (Å²) in [5.41, 5.74) is -0.674. The number of aliphatic carboxylic acids is 1. The zero-order chi connectivity index (χ0) is 18.7. The minimum absolute atomic E-state index is 0.283. The molecule has 0 aromatic carbocycles. The van der Waals surface area contributed by atoms with Gasteiger partial charge in [-0.1, -0.05) is 0 Å². The van der Waals surface area contributed by atoms with Crippen LogP contribution in [0.2, 0.25) is 0 Å². The molecule has 0 saturated carbocycles. The van der Waals surface area contributed by atoms with Crippen LogP contribution in [0.1, 0.15) is 20.3 Å². The largest absolute Gasteiger partial charge is 0.477 e. The molecule has 0 spiro atoms. The van der Waals surface area contributed by atoms with Crippen LogP contribution in [0.25, 0.3) is 0 Å². The first kappa shape index (κ1) is 18.1. The van der Waals surface area contributed by atoms with E-state index in [9.17, 15) is 28.6 Å². The maximum absolute atomic E-state index is 14.9. The predicted molar refractivity (Wildman–Crippen MR) is 86.4 cm³/mol. The molecule has 3 aliphatic rings. The maximum Gasteiger partial charge on any atom is 0.353 e. The first-order valence-electron chi connectivity index (χ1n) is 7.91. The molecule has 0 aromatic rings. The molecule has 7 nitrogen and oxygen atoms in total. The summed E-state index contributed by atoms with van der Waals surface area (Å²) in [5.74, 6) is -6.83. The van der Waals surface area contributed by atoms with Crippen molar-refractivity contribution in [3.05, 3.63) is 10.6 Å². The van der Waals surface area contributed by atoms with Crippen LogP contribution in [0.4, 0.5) is 8.78 Å². The van der Waals surface area contributed by atoms with Gasteiger partial charge in [0.15, 0.2) is 0 Å². The van der Waals surface area contributed by atoms with Crippen LogP contribution in [-0.2, 0) is 9.59 Å². The molecule has 3 unspecified atom stereocenters. The van der Waals surface area contributed by atoms with Crippen molar-refractivity contribution < 1.29 is 28.6 Å². The summed E-state index contributed by atoms with van der Waals surface area (Å²) in [6.45, 7) is 3.79. The molecule has 3 N–H and O–H groups in total. The third-order valence-electron chi connectivity index (χ3n) is 4.90. The molecular formula is C15H19F2N3O4S. The highest BCUT2D eigenvalue weighted by Crippen LogP contribution is 2.56. The quantitative estimate of drug-likeness (QED) is 0.384. The van der Waals surface area contributed by atoms with E-state index in [0.717, 1.165) is 11.8 Å². The Balaban J connectivity index is 1.90. The van der Waals surface area contributed by atoms with E-state index in [1.165, 1.54) is 6.92 Å². The molecule has 4 atom stereocenters. The predicted octanol–water partition coefficient (Wildman–Crippen LogP) is 0.944. The highest BCUT2D eigenvalue weighted by molar-refractivity contribution is 8.03. The molecule has 0 aromatic heterocycles. The van der Waals surface area contributed by atoms with Gasteiger partial charge in [0, 0.05) is 18.3 Å². The number of carbonyl (C=O) groups excluding carboxylic acids is 1. The molecule has 1 amide bonds. The second-order valence-corrected chi connectivity index (χ2v) is 7.90. The van der Waals surface area contributed by atoms with Crippen LogP contribution in [0.5, 0.6) is 0 Å². The fourth-order valence-electron chi connectivity index (χ4n) is 3.65. The van der Waals surface area contributed by atoms with Crippen molar-refractivity contribution in [2.24, 2.45) is 5.92 Å². The molecule has 2 saturated heterocycles. The van der Waals surface area contributed by atoms with E-state index in [1.807, 2.05) is 0 Å². The van der Waals surface area contributed by atoms with Gasteiger partial charge in [-0.2, -0.15) is 8.78 Å². The Morgan fingerprint density at radius 1 is 1.48 bits per heavy atom. The Labute approximate surface area is 147 Å². The number of thioether (sulfide) groups is 1. The number of rotatable bonds is 4. The Bertz CT molecular complexity index is 682.